The van der Waals surface area contributed by atoms with Crippen molar-refractivity contribution < 1.29 is 4.39 Å². The van der Waals surface area contributed by atoms with Crippen molar-refractivity contribution in [1.29, 1.82) is 5.41 Å². The second-order valence-electron chi connectivity index (χ2n) is 8.35. The lowest BCUT2D eigenvalue weighted by atomic mass is 9.82. The summed E-state index contributed by atoms with van der Waals surface area (Å²) in [6.07, 6.45) is 5.09. The molecule has 1 aromatic carbocycles. The van der Waals surface area contributed by atoms with Gasteiger partial charge in [0.1, 0.15) is 5.69 Å². The van der Waals surface area contributed by atoms with Crippen LogP contribution < -0.4 is 0 Å². The third kappa shape index (κ3) is 5.39. The zero-order valence-corrected chi connectivity index (χ0v) is 21.1. The molecule has 0 fully saturated rings. The lowest BCUT2D eigenvalue weighted by Crippen LogP contribution is -2.16. The van der Waals surface area contributed by atoms with Crippen molar-refractivity contribution >= 4 is 23.2 Å². The Morgan fingerprint density at radius 1 is 0.968 bits per heavy atom. The topological polar surface area (TPSA) is 36.2 Å². The highest BCUT2D eigenvalue weighted by Gasteiger charge is 2.27. The van der Waals surface area contributed by atoms with Crippen LogP contribution in [0, 0.1) is 11.2 Å². The van der Waals surface area contributed by atoms with E-state index < -0.39 is 5.82 Å². The van der Waals surface area contributed by atoms with Gasteiger partial charge in [0.25, 0.3) is 0 Å². The van der Waals surface area contributed by atoms with E-state index in [1.807, 2.05) is 68.4 Å². The molecule has 2 nitrogen and oxygen atoms in total. The predicted octanol–water partition coefficient (Wildman–Crippen LogP) is 8.71. The lowest BCUT2D eigenvalue weighted by Gasteiger charge is -2.23. The highest BCUT2D eigenvalue weighted by Crippen LogP contribution is 2.38. The molecule has 0 amide bonds. The minimum atomic E-state index is -0.430. The number of benzene rings is 1. The maximum atomic E-state index is 16.1. The van der Waals surface area contributed by atoms with E-state index in [9.17, 15) is 5.41 Å². The Kier molecular flexibility index (Phi) is 9.55. The Labute approximate surface area is 188 Å². The Morgan fingerprint density at radius 3 is 1.90 bits per heavy atom. The quantitative estimate of drug-likeness (QED) is 0.321. The standard InChI is InChI=1S/C28H39FN2/c1-12-18(9)20(11)24(19(10)16(5)6)27(30)25-22(14-3)21(13-2)23(15-4)28(26(25)29)31-17(7)8/h12,15,30H,4,13-14H2,1-3,5-11H3/b18-12-,24-20-,30-27?. The summed E-state index contributed by atoms with van der Waals surface area (Å²) >= 11 is 0. The van der Waals surface area contributed by atoms with Gasteiger partial charge in [0, 0.05) is 22.4 Å². The zero-order valence-electron chi connectivity index (χ0n) is 21.1. The van der Waals surface area contributed by atoms with Crippen LogP contribution in [0.4, 0.5) is 10.1 Å². The van der Waals surface area contributed by atoms with Gasteiger partial charge in [-0.25, -0.2) is 4.39 Å². The van der Waals surface area contributed by atoms with Crippen LogP contribution in [0.2, 0.25) is 0 Å². The summed E-state index contributed by atoms with van der Waals surface area (Å²) in [5.74, 6) is -0.430. The number of rotatable bonds is 8. The molecule has 31 heavy (non-hydrogen) atoms. The van der Waals surface area contributed by atoms with Gasteiger partial charge in [-0.05, 0) is 90.5 Å². The van der Waals surface area contributed by atoms with Crippen LogP contribution in [0.15, 0.2) is 45.5 Å². The molecule has 0 aromatic heterocycles. The SMILES string of the molecule is C=Cc1c(CC)c(CC)c(C(=N)/C(C(C)=C(C)C)=C(C)\C(C)=C/C)c(F)c1N=C(C)C. The summed E-state index contributed by atoms with van der Waals surface area (Å²) < 4.78 is 16.1. The van der Waals surface area contributed by atoms with Crippen LogP contribution in [-0.2, 0) is 12.8 Å². The molecule has 0 bridgehead atoms. The minimum absolute atomic E-state index is 0.224. The normalized spacial score (nSPS) is 12.3. The third-order valence-electron chi connectivity index (χ3n) is 5.94. The monoisotopic (exact) mass is 422 g/mol. The highest BCUT2D eigenvalue weighted by molar-refractivity contribution is 6.16. The number of hydrogen-bond acceptors (Lipinski definition) is 2. The van der Waals surface area contributed by atoms with Crippen molar-refractivity contribution in [3.8, 4) is 0 Å². The first-order valence-corrected chi connectivity index (χ1v) is 11.1. The van der Waals surface area contributed by atoms with E-state index in [1.165, 1.54) is 0 Å². The zero-order chi connectivity index (χ0) is 24.0. The summed E-state index contributed by atoms with van der Waals surface area (Å²) in [7, 11) is 0. The first-order valence-electron chi connectivity index (χ1n) is 11.1. The van der Waals surface area contributed by atoms with E-state index in [-0.39, 0.29) is 5.71 Å². The fraction of sp³-hybridized carbons (Fsp3) is 0.429. The van der Waals surface area contributed by atoms with E-state index in [1.54, 1.807) is 6.08 Å². The third-order valence-corrected chi connectivity index (χ3v) is 5.94. The molecule has 0 heterocycles. The predicted molar refractivity (Wildman–Crippen MR) is 137 cm³/mol. The molecule has 3 heteroatoms. The number of allylic oxidation sites excluding steroid dienone is 6. The molecular weight excluding hydrogens is 383 g/mol. The fourth-order valence-electron chi connectivity index (χ4n) is 3.88. The van der Waals surface area contributed by atoms with Gasteiger partial charge in [-0.2, -0.15) is 0 Å². The average molecular weight is 423 g/mol. The van der Waals surface area contributed by atoms with Gasteiger partial charge in [0.05, 0.1) is 5.71 Å². The molecule has 0 saturated heterocycles. The number of nitrogens with one attached hydrogen (secondary N) is 1. The van der Waals surface area contributed by atoms with E-state index in [4.69, 9.17) is 0 Å². The summed E-state index contributed by atoms with van der Waals surface area (Å²) in [5, 5.41) is 9.24. The number of halogens is 1. The molecular formula is C28H39FN2. The molecule has 0 spiro atoms. The van der Waals surface area contributed by atoms with E-state index in [0.717, 1.165) is 56.7 Å². The molecule has 0 unspecified atom stereocenters. The Balaban J connectivity index is 4.25. The van der Waals surface area contributed by atoms with Gasteiger partial charge in [-0.3, -0.25) is 10.4 Å². The maximum absolute atomic E-state index is 16.1. The highest BCUT2D eigenvalue weighted by atomic mass is 19.1. The molecule has 1 rings (SSSR count). The van der Waals surface area contributed by atoms with Crippen LogP contribution in [-0.4, -0.2) is 11.4 Å². The number of aliphatic imine (C=N–C) groups is 1. The summed E-state index contributed by atoms with van der Waals surface area (Å²) in [6.45, 7) is 23.9. The lowest BCUT2D eigenvalue weighted by molar-refractivity contribution is 0.623. The van der Waals surface area contributed by atoms with Gasteiger partial charge < -0.3 is 0 Å². The molecule has 1 aromatic rings. The summed E-state index contributed by atoms with van der Waals surface area (Å²) in [5.41, 5.74) is 9.27. The minimum Gasteiger partial charge on any atom is -0.300 e. The average Bonchev–Trinajstić information content (AvgIpc) is 2.72. The van der Waals surface area contributed by atoms with Crippen LogP contribution in [0.5, 0.6) is 0 Å². The van der Waals surface area contributed by atoms with Gasteiger partial charge in [0.15, 0.2) is 5.82 Å². The Hall–Kier alpha value is -2.55. The molecule has 0 aliphatic carbocycles. The molecule has 0 saturated carbocycles. The van der Waals surface area contributed by atoms with Crippen LogP contribution in [0.1, 0.15) is 91.5 Å². The van der Waals surface area contributed by atoms with Crippen molar-refractivity contribution in [2.75, 3.05) is 0 Å². The van der Waals surface area contributed by atoms with Gasteiger partial charge in [-0.1, -0.05) is 43.7 Å². The van der Waals surface area contributed by atoms with Crippen molar-refractivity contribution in [3.63, 3.8) is 0 Å². The van der Waals surface area contributed by atoms with Crippen molar-refractivity contribution in [2.24, 2.45) is 4.99 Å². The van der Waals surface area contributed by atoms with Crippen molar-refractivity contribution in [3.05, 3.63) is 68.6 Å². The number of hydrogen-bond donors (Lipinski definition) is 1. The molecule has 168 valence electrons. The molecule has 0 radical (unpaired) electrons. The largest absolute Gasteiger partial charge is 0.300 e. The van der Waals surface area contributed by atoms with Gasteiger partial charge in [-0.15, -0.1) is 0 Å². The summed E-state index contributed by atoms with van der Waals surface area (Å²) in [4.78, 5) is 4.53. The van der Waals surface area contributed by atoms with E-state index in [2.05, 4.69) is 18.5 Å². The molecule has 0 aliphatic heterocycles. The first kappa shape index (κ1) is 26.5. The Morgan fingerprint density at radius 2 is 1.52 bits per heavy atom. The first-order chi connectivity index (χ1) is 14.5. The van der Waals surface area contributed by atoms with E-state index >= 15 is 4.39 Å². The Bertz CT molecular complexity index is 1010. The van der Waals surface area contributed by atoms with Crippen molar-refractivity contribution in [1.82, 2.24) is 0 Å². The van der Waals surface area contributed by atoms with Crippen molar-refractivity contribution in [2.45, 2.75) is 82.1 Å². The fourth-order valence-corrected chi connectivity index (χ4v) is 3.88. The van der Waals surface area contributed by atoms with Gasteiger partial charge in [0.2, 0.25) is 0 Å². The van der Waals surface area contributed by atoms with Crippen LogP contribution in [0.25, 0.3) is 6.08 Å². The smallest absolute Gasteiger partial charge is 0.159 e. The molecule has 1 N–H and O–H groups in total. The maximum Gasteiger partial charge on any atom is 0.159 e. The van der Waals surface area contributed by atoms with Gasteiger partial charge >= 0.3 is 0 Å². The van der Waals surface area contributed by atoms with Crippen LogP contribution >= 0.6 is 0 Å². The number of nitrogens with zero attached hydrogens (tertiary/aromatic N) is 1. The molecule has 0 aliphatic rings. The van der Waals surface area contributed by atoms with E-state index in [0.29, 0.717) is 17.7 Å². The summed E-state index contributed by atoms with van der Waals surface area (Å²) in [6, 6.07) is 0. The molecule has 0 atom stereocenters. The second-order valence-corrected chi connectivity index (χ2v) is 8.35. The van der Waals surface area contributed by atoms with Crippen LogP contribution in [0.3, 0.4) is 0 Å². The second kappa shape index (κ2) is 11.2.